The van der Waals surface area contributed by atoms with Crippen LogP contribution in [-0.2, 0) is 11.2 Å². The molecule has 7 nitrogen and oxygen atoms in total. The maximum absolute atomic E-state index is 12.9. The summed E-state index contributed by atoms with van der Waals surface area (Å²) in [5.41, 5.74) is 0.335. The number of aryl methyl sites for hydroxylation is 1. The van der Waals surface area contributed by atoms with Crippen molar-refractivity contribution in [3.05, 3.63) is 24.0 Å². The fraction of sp³-hybridized carbons (Fsp3) is 0.357. The SMILES string of the molecule is CCCc1nc(SCC(=O)Nc2ccc3c(c2)OC(F)(F)O3)n[nH]1. The number of carbonyl (C=O) groups is 1. The standard InChI is InChI=1S/C14H14F2N4O3S/c1-2-3-11-18-13(20-19-11)24-7-12(21)17-8-4-5-9-10(6-8)23-14(15,16)22-9/h4-6H,2-3,7H2,1H3,(H,17,21)(H,18,19,20). The Morgan fingerprint density at radius 1 is 1.38 bits per heavy atom. The summed E-state index contributed by atoms with van der Waals surface area (Å²) in [6.45, 7) is 2.03. The number of amides is 1. The lowest BCUT2D eigenvalue weighted by Gasteiger charge is -2.05. The minimum absolute atomic E-state index is 0.0726. The quantitative estimate of drug-likeness (QED) is 0.774. The second-order valence-corrected chi connectivity index (χ2v) is 5.92. The van der Waals surface area contributed by atoms with Gasteiger partial charge in [-0.15, -0.1) is 13.9 Å². The predicted molar refractivity (Wildman–Crippen MR) is 82.4 cm³/mol. The maximum Gasteiger partial charge on any atom is 0.586 e. The normalized spacial score (nSPS) is 14.6. The van der Waals surface area contributed by atoms with E-state index in [-0.39, 0.29) is 23.2 Å². The number of hydrogen-bond donors (Lipinski definition) is 2. The molecular formula is C14H14F2N4O3S. The highest BCUT2D eigenvalue weighted by atomic mass is 32.2. The van der Waals surface area contributed by atoms with Gasteiger partial charge in [0.25, 0.3) is 0 Å². The summed E-state index contributed by atoms with van der Waals surface area (Å²) in [5.74, 6) is 0.360. The van der Waals surface area contributed by atoms with E-state index < -0.39 is 6.29 Å². The first-order valence-corrected chi connectivity index (χ1v) is 8.17. The van der Waals surface area contributed by atoms with Gasteiger partial charge in [0.1, 0.15) is 5.82 Å². The van der Waals surface area contributed by atoms with Crippen LogP contribution in [0.15, 0.2) is 23.4 Å². The summed E-state index contributed by atoms with van der Waals surface area (Å²) >= 11 is 1.18. The summed E-state index contributed by atoms with van der Waals surface area (Å²) in [7, 11) is 0. The van der Waals surface area contributed by atoms with Crippen molar-refractivity contribution in [3.8, 4) is 11.5 Å². The third-order valence-corrected chi connectivity index (χ3v) is 3.86. The van der Waals surface area contributed by atoms with Crippen molar-refractivity contribution in [3.63, 3.8) is 0 Å². The summed E-state index contributed by atoms with van der Waals surface area (Å²) in [6, 6.07) is 4.05. The Bertz CT molecular complexity index is 753. The van der Waals surface area contributed by atoms with Crippen LogP contribution in [0.3, 0.4) is 0 Å². The van der Waals surface area contributed by atoms with Gasteiger partial charge in [0, 0.05) is 18.2 Å². The van der Waals surface area contributed by atoms with Gasteiger partial charge in [-0.3, -0.25) is 9.89 Å². The number of anilines is 1. The Kier molecular flexibility index (Phi) is 4.56. The molecule has 0 aliphatic carbocycles. The van der Waals surface area contributed by atoms with Crippen molar-refractivity contribution in [1.82, 2.24) is 15.2 Å². The van der Waals surface area contributed by atoms with Gasteiger partial charge >= 0.3 is 6.29 Å². The van der Waals surface area contributed by atoms with E-state index >= 15 is 0 Å². The van der Waals surface area contributed by atoms with Crippen LogP contribution in [0, 0.1) is 0 Å². The van der Waals surface area contributed by atoms with Crippen LogP contribution in [-0.4, -0.2) is 33.1 Å². The molecule has 1 amide bonds. The van der Waals surface area contributed by atoms with E-state index in [0.717, 1.165) is 18.7 Å². The van der Waals surface area contributed by atoms with Crippen LogP contribution in [0.5, 0.6) is 11.5 Å². The van der Waals surface area contributed by atoms with Crippen LogP contribution < -0.4 is 14.8 Å². The molecule has 128 valence electrons. The minimum atomic E-state index is -3.68. The average molecular weight is 356 g/mol. The number of nitrogens with one attached hydrogen (secondary N) is 2. The zero-order chi connectivity index (χ0) is 17.2. The van der Waals surface area contributed by atoms with Crippen LogP contribution in [0.2, 0.25) is 0 Å². The smallest absolute Gasteiger partial charge is 0.395 e. The zero-order valence-electron chi connectivity index (χ0n) is 12.6. The lowest BCUT2D eigenvalue weighted by Crippen LogP contribution is -2.25. The molecule has 1 aliphatic rings. The molecular weight excluding hydrogens is 342 g/mol. The molecule has 0 bridgehead atoms. The van der Waals surface area contributed by atoms with E-state index in [2.05, 4.69) is 30.0 Å². The van der Waals surface area contributed by atoms with Gasteiger partial charge < -0.3 is 14.8 Å². The number of aromatic nitrogens is 3. The predicted octanol–water partition coefficient (Wildman–Crippen LogP) is 2.81. The average Bonchev–Trinajstić information content (AvgIpc) is 3.07. The lowest BCUT2D eigenvalue weighted by molar-refractivity contribution is -0.286. The number of H-pyrrole nitrogens is 1. The number of hydrogen-bond acceptors (Lipinski definition) is 6. The van der Waals surface area contributed by atoms with Gasteiger partial charge in [-0.05, 0) is 18.6 Å². The Balaban J connectivity index is 1.54. The van der Waals surface area contributed by atoms with E-state index in [1.807, 2.05) is 6.92 Å². The fourth-order valence-corrected chi connectivity index (χ4v) is 2.66. The molecule has 0 unspecified atom stereocenters. The van der Waals surface area contributed by atoms with Crippen molar-refractivity contribution in [1.29, 1.82) is 0 Å². The highest BCUT2D eigenvalue weighted by molar-refractivity contribution is 7.99. The molecule has 0 saturated heterocycles. The number of aromatic amines is 1. The Labute approximate surface area is 140 Å². The fourth-order valence-electron chi connectivity index (χ4n) is 2.04. The van der Waals surface area contributed by atoms with Gasteiger partial charge in [-0.1, -0.05) is 18.7 Å². The minimum Gasteiger partial charge on any atom is -0.395 e. The number of carbonyl (C=O) groups excluding carboxylic acids is 1. The van der Waals surface area contributed by atoms with Crippen LogP contribution in [0.25, 0.3) is 0 Å². The monoisotopic (exact) mass is 356 g/mol. The van der Waals surface area contributed by atoms with Crippen molar-refractivity contribution >= 4 is 23.4 Å². The molecule has 0 spiro atoms. The molecule has 2 N–H and O–H groups in total. The molecule has 0 radical (unpaired) electrons. The number of rotatable bonds is 6. The van der Waals surface area contributed by atoms with E-state index in [0.29, 0.717) is 10.8 Å². The summed E-state index contributed by atoms with van der Waals surface area (Å²) in [6.07, 6.45) is -1.94. The molecule has 10 heteroatoms. The summed E-state index contributed by atoms with van der Waals surface area (Å²) in [5, 5.41) is 9.89. The largest absolute Gasteiger partial charge is 0.586 e. The molecule has 0 atom stereocenters. The van der Waals surface area contributed by atoms with Gasteiger partial charge in [0.2, 0.25) is 11.1 Å². The molecule has 0 saturated carbocycles. The summed E-state index contributed by atoms with van der Waals surface area (Å²) in [4.78, 5) is 16.2. The first-order valence-electron chi connectivity index (χ1n) is 7.19. The lowest BCUT2D eigenvalue weighted by atomic mass is 10.3. The molecule has 2 aromatic rings. The highest BCUT2D eigenvalue weighted by Gasteiger charge is 2.43. The number of thioether (sulfide) groups is 1. The number of alkyl halides is 2. The van der Waals surface area contributed by atoms with E-state index in [1.165, 1.54) is 30.0 Å². The molecule has 3 rings (SSSR count). The maximum atomic E-state index is 12.9. The second kappa shape index (κ2) is 6.63. The molecule has 1 aromatic heterocycles. The Hall–Kier alpha value is -2.36. The zero-order valence-corrected chi connectivity index (χ0v) is 13.5. The van der Waals surface area contributed by atoms with E-state index in [9.17, 15) is 13.6 Å². The first-order chi connectivity index (χ1) is 11.4. The second-order valence-electron chi connectivity index (χ2n) is 4.98. The van der Waals surface area contributed by atoms with Crippen LogP contribution in [0.1, 0.15) is 19.2 Å². The molecule has 1 aromatic carbocycles. The molecule has 2 heterocycles. The molecule has 0 fully saturated rings. The number of benzene rings is 1. The third kappa shape index (κ3) is 3.94. The van der Waals surface area contributed by atoms with Crippen LogP contribution in [0.4, 0.5) is 14.5 Å². The number of halogens is 2. The number of ether oxygens (including phenoxy) is 2. The Morgan fingerprint density at radius 2 is 2.17 bits per heavy atom. The van der Waals surface area contributed by atoms with E-state index in [4.69, 9.17) is 0 Å². The van der Waals surface area contributed by atoms with Crippen molar-refractivity contribution < 1.29 is 23.0 Å². The van der Waals surface area contributed by atoms with Gasteiger partial charge in [0.15, 0.2) is 11.5 Å². The summed E-state index contributed by atoms with van der Waals surface area (Å²) < 4.78 is 34.5. The topological polar surface area (TPSA) is 89.1 Å². The molecule has 1 aliphatic heterocycles. The van der Waals surface area contributed by atoms with Gasteiger partial charge in [-0.2, -0.15) is 0 Å². The van der Waals surface area contributed by atoms with Crippen molar-refractivity contribution in [2.75, 3.05) is 11.1 Å². The third-order valence-electron chi connectivity index (χ3n) is 3.02. The number of fused-ring (bicyclic) bond motifs is 1. The number of nitrogens with zero attached hydrogens (tertiary/aromatic N) is 2. The molecule has 24 heavy (non-hydrogen) atoms. The van der Waals surface area contributed by atoms with E-state index in [1.54, 1.807) is 0 Å². The van der Waals surface area contributed by atoms with Crippen molar-refractivity contribution in [2.24, 2.45) is 0 Å². The van der Waals surface area contributed by atoms with Crippen molar-refractivity contribution in [2.45, 2.75) is 31.2 Å². The van der Waals surface area contributed by atoms with Gasteiger partial charge in [0.05, 0.1) is 5.75 Å². The highest BCUT2D eigenvalue weighted by Crippen LogP contribution is 2.42. The van der Waals surface area contributed by atoms with Gasteiger partial charge in [-0.25, -0.2) is 4.98 Å². The Morgan fingerprint density at radius 3 is 2.96 bits per heavy atom. The first kappa shape index (κ1) is 16.5. The van der Waals surface area contributed by atoms with Crippen LogP contribution >= 0.6 is 11.8 Å².